The van der Waals surface area contributed by atoms with Gasteiger partial charge in [0, 0.05) is 26.2 Å². The van der Waals surface area contributed by atoms with Gasteiger partial charge in [-0.2, -0.15) is 0 Å². The molecular weight excluding hydrogens is 316 g/mol. The van der Waals surface area contributed by atoms with Gasteiger partial charge in [0.1, 0.15) is 5.82 Å². The average Bonchev–Trinajstić information content (AvgIpc) is 2.64. The maximum atomic E-state index is 12.1. The molecule has 6 heteroatoms. The van der Waals surface area contributed by atoms with Crippen LogP contribution in [0.4, 0.5) is 11.5 Å². The number of rotatable bonds is 5. The van der Waals surface area contributed by atoms with Crippen molar-refractivity contribution in [3.63, 3.8) is 0 Å². The van der Waals surface area contributed by atoms with E-state index in [1.807, 2.05) is 43.3 Å². The van der Waals surface area contributed by atoms with E-state index < -0.39 is 0 Å². The molecule has 1 fully saturated rings. The molecule has 1 aliphatic rings. The fraction of sp³-hybridized carbons (Fsp3) is 0.316. The van der Waals surface area contributed by atoms with Crippen LogP contribution in [0.2, 0.25) is 0 Å². The molecule has 2 aromatic rings. The highest BCUT2D eigenvalue weighted by atomic mass is 16.1. The molecule has 0 spiro atoms. The molecule has 0 radical (unpaired) electrons. The van der Waals surface area contributed by atoms with Gasteiger partial charge in [-0.1, -0.05) is 29.8 Å². The Balaban J connectivity index is 1.54. The van der Waals surface area contributed by atoms with Crippen molar-refractivity contribution in [3.05, 3.63) is 53.7 Å². The number of nitrogens with zero attached hydrogens (tertiary/aromatic N) is 3. The first-order valence-electron chi connectivity index (χ1n) is 8.40. The quantitative estimate of drug-likeness (QED) is 0.845. The molecule has 0 unspecified atom stereocenters. The van der Waals surface area contributed by atoms with E-state index in [0.717, 1.165) is 43.8 Å². The van der Waals surface area contributed by atoms with Crippen molar-refractivity contribution in [2.45, 2.75) is 13.3 Å². The van der Waals surface area contributed by atoms with E-state index in [1.54, 1.807) is 11.1 Å². The molecule has 130 valence electrons. The summed E-state index contributed by atoms with van der Waals surface area (Å²) in [4.78, 5) is 31.2. The summed E-state index contributed by atoms with van der Waals surface area (Å²) < 4.78 is 0. The van der Waals surface area contributed by atoms with Gasteiger partial charge >= 0.3 is 0 Å². The van der Waals surface area contributed by atoms with Crippen LogP contribution in [0.5, 0.6) is 0 Å². The molecule has 1 aromatic heterocycles. The third kappa shape index (κ3) is 4.56. The molecule has 2 heterocycles. The zero-order valence-corrected chi connectivity index (χ0v) is 14.3. The van der Waals surface area contributed by atoms with Crippen molar-refractivity contribution in [1.29, 1.82) is 0 Å². The number of hydrogen-bond acceptors (Lipinski definition) is 4. The molecule has 1 aliphatic heterocycles. The predicted octanol–water partition coefficient (Wildman–Crippen LogP) is 1.85. The smallest absolute Gasteiger partial charge is 0.229 e. The maximum absolute atomic E-state index is 12.1. The fourth-order valence-corrected chi connectivity index (χ4v) is 2.81. The Labute approximate surface area is 147 Å². The van der Waals surface area contributed by atoms with Crippen molar-refractivity contribution in [2.75, 3.05) is 36.4 Å². The molecule has 3 rings (SSSR count). The number of pyridine rings is 1. The lowest BCUT2D eigenvalue weighted by atomic mass is 10.1. The van der Waals surface area contributed by atoms with Crippen molar-refractivity contribution < 1.29 is 9.59 Å². The summed E-state index contributed by atoms with van der Waals surface area (Å²) in [5, 5.41) is 2.83. The second-order valence-corrected chi connectivity index (χ2v) is 6.24. The van der Waals surface area contributed by atoms with Crippen molar-refractivity contribution in [1.82, 2.24) is 9.88 Å². The van der Waals surface area contributed by atoms with Crippen LogP contribution in [0.1, 0.15) is 11.1 Å². The van der Waals surface area contributed by atoms with Gasteiger partial charge in [-0.15, -0.1) is 0 Å². The normalized spacial score (nSPS) is 14.3. The number of nitrogens with one attached hydrogen (secondary N) is 1. The Kier molecular flexibility index (Phi) is 5.28. The predicted molar refractivity (Wildman–Crippen MR) is 97.6 cm³/mol. The minimum atomic E-state index is -0.0799. The largest absolute Gasteiger partial charge is 0.367 e. The SMILES string of the molecule is Cc1ccc(CC(=O)Nc2ccc(N3CCN(C=O)CC3)cn2)cc1. The minimum absolute atomic E-state index is 0.0799. The molecule has 25 heavy (non-hydrogen) atoms. The number of anilines is 2. The zero-order valence-electron chi connectivity index (χ0n) is 14.3. The van der Waals surface area contributed by atoms with Gasteiger partial charge in [0.25, 0.3) is 0 Å². The topological polar surface area (TPSA) is 65.5 Å². The number of carbonyl (C=O) groups is 2. The van der Waals surface area contributed by atoms with Crippen molar-refractivity contribution in [2.24, 2.45) is 0 Å². The minimum Gasteiger partial charge on any atom is -0.367 e. The van der Waals surface area contributed by atoms with Gasteiger partial charge in [-0.3, -0.25) is 9.59 Å². The van der Waals surface area contributed by atoms with Gasteiger partial charge in [0.2, 0.25) is 12.3 Å². The Morgan fingerprint density at radius 1 is 1.12 bits per heavy atom. The maximum Gasteiger partial charge on any atom is 0.229 e. The van der Waals surface area contributed by atoms with Crippen LogP contribution in [-0.2, 0) is 16.0 Å². The summed E-state index contributed by atoms with van der Waals surface area (Å²) in [5.41, 5.74) is 3.16. The Bertz CT molecular complexity index is 720. The fourth-order valence-electron chi connectivity index (χ4n) is 2.81. The molecule has 0 bridgehead atoms. The lowest BCUT2D eigenvalue weighted by molar-refractivity contribution is -0.118. The van der Waals surface area contributed by atoms with E-state index in [4.69, 9.17) is 0 Å². The van der Waals surface area contributed by atoms with Crippen LogP contribution < -0.4 is 10.2 Å². The molecule has 0 aliphatic carbocycles. The average molecular weight is 338 g/mol. The molecule has 1 N–H and O–H groups in total. The lowest BCUT2D eigenvalue weighted by Crippen LogP contribution is -2.45. The number of aromatic nitrogens is 1. The van der Waals surface area contributed by atoms with Crippen LogP contribution in [0, 0.1) is 6.92 Å². The summed E-state index contributed by atoms with van der Waals surface area (Å²) in [6.07, 6.45) is 2.98. The molecule has 0 atom stereocenters. The monoisotopic (exact) mass is 338 g/mol. The van der Waals surface area contributed by atoms with Gasteiger partial charge in [0.15, 0.2) is 0 Å². The molecule has 2 amide bonds. The number of benzene rings is 1. The van der Waals surface area contributed by atoms with E-state index in [2.05, 4.69) is 15.2 Å². The van der Waals surface area contributed by atoms with Gasteiger partial charge in [-0.05, 0) is 24.6 Å². The van der Waals surface area contributed by atoms with Crippen LogP contribution in [-0.4, -0.2) is 48.4 Å². The second kappa shape index (κ2) is 7.79. The number of hydrogen-bond donors (Lipinski definition) is 1. The third-order valence-corrected chi connectivity index (χ3v) is 4.33. The van der Waals surface area contributed by atoms with E-state index in [1.165, 1.54) is 5.56 Å². The number of amides is 2. The standard InChI is InChI=1S/C19H22N4O2/c1-15-2-4-16(5-3-15)12-19(25)21-18-7-6-17(13-20-18)23-10-8-22(14-24)9-11-23/h2-7,13-14H,8-12H2,1H3,(H,20,21,25). The molecule has 1 aromatic carbocycles. The number of carbonyl (C=O) groups excluding carboxylic acids is 2. The summed E-state index contributed by atoms with van der Waals surface area (Å²) >= 11 is 0. The van der Waals surface area contributed by atoms with Crippen LogP contribution in [0.25, 0.3) is 0 Å². The number of aryl methyl sites for hydroxylation is 1. The van der Waals surface area contributed by atoms with Crippen molar-refractivity contribution >= 4 is 23.8 Å². The highest BCUT2D eigenvalue weighted by molar-refractivity contribution is 5.91. The zero-order chi connectivity index (χ0) is 17.6. The first-order chi connectivity index (χ1) is 12.1. The molecule has 0 saturated carbocycles. The van der Waals surface area contributed by atoms with Gasteiger partial charge in [-0.25, -0.2) is 4.98 Å². The van der Waals surface area contributed by atoms with Crippen LogP contribution in [0.15, 0.2) is 42.6 Å². The van der Waals surface area contributed by atoms with E-state index in [9.17, 15) is 9.59 Å². The van der Waals surface area contributed by atoms with Crippen molar-refractivity contribution in [3.8, 4) is 0 Å². The summed E-state index contributed by atoms with van der Waals surface area (Å²) in [6, 6.07) is 11.7. The Hall–Kier alpha value is -2.89. The number of piperazine rings is 1. The first-order valence-corrected chi connectivity index (χ1v) is 8.40. The highest BCUT2D eigenvalue weighted by Crippen LogP contribution is 2.17. The lowest BCUT2D eigenvalue weighted by Gasteiger charge is -2.33. The second-order valence-electron chi connectivity index (χ2n) is 6.24. The third-order valence-electron chi connectivity index (χ3n) is 4.33. The Morgan fingerprint density at radius 3 is 2.44 bits per heavy atom. The molecular formula is C19H22N4O2. The van der Waals surface area contributed by atoms with E-state index in [-0.39, 0.29) is 5.91 Å². The summed E-state index contributed by atoms with van der Waals surface area (Å²) in [5.74, 6) is 0.469. The van der Waals surface area contributed by atoms with E-state index >= 15 is 0 Å². The van der Waals surface area contributed by atoms with Crippen LogP contribution >= 0.6 is 0 Å². The molecule has 1 saturated heterocycles. The van der Waals surface area contributed by atoms with Crippen LogP contribution in [0.3, 0.4) is 0 Å². The highest BCUT2D eigenvalue weighted by Gasteiger charge is 2.16. The molecule has 6 nitrogen and oxygen atoms in total. The van der Waals surface area contributed by atoms with E-state index in [0.29, 0.717) is 12.2 Å². The Morgan fingerprint density at radius 2 is 1.84 bits per heavy atom. The van der Waals surface area contributed by atoms with Gasteiger partial charge < -0.3 is 15.1 Å². The first kappa shape index (κ1) is 17.0. The van der Waals surface area contributed by atoms with Gasteiger partial charge in [0.05, 0.1) is 18.3 Å². The summed E-state index contributed by atoms with van der Waals surface area (Å²) in [7, 11) is 0. The summed E-state index contributed by atoms with van der Waals surface area (Å²) in [6.45, 7) is 5.05.